The minimum absolute atomic E-state index is 0.0948. The molecule has 0 radical (unpaired) electrons. The van der Waals surface area contributed by atoms with Crippen molar-refractivity contribution >= 4 is 57.4 Å². The lowest BCUT2D eigenvalue weighted by molar-refractivity contribution is -0.106. The first-order valence-corrected chi connectivity index (χ1v) is 15.5. The largest absolute Gasteiger partial charge is 0.400 e. The number of hydrogen-bond donors (Lipinski definition) is 2. The molecule has 0 bridgehead atoms. The van der Waals surface area contributed by atoms with Crippen LogP contribution in [0.3, 0.4) is 0 Å². The molecule has 3 heterocycles. The summed E-state index contributed by atoms with van der Waals surface area (Å²) in [6.07, 6.45) is 3.30. The molecule has 8 nitrogen and oxygen atoms in total. The molecular weight excluding hydrogens is 645 g/mol. The van der Waals surface area contributed by atoms with Gasteiger partial charge >= 0.3 is 0 Å². The quantitative estimate of drug-likeness (QED) is 0.275. The molecule has 226 valence electrons. The molecule has 2 N–H and O–H groups in total. The number of hydrogen-bond acceptors (Lipinski definition) is 10. The van der Waals surface area contributed by atoms with Crippen LogP contribution in [-0.2, 0) is 14.3 Å². The Labute approximate surface area is 254 Å². The summed E-state index contributed by atoms with van der Waals surface area (Å²) in [6, 6.07) is 3.38. The first-order valence-electron chi connectivity index (χ1n) is 12.7. The highest BCUT2D eigenvalue weighted by Gasteiger charge is 2.44. The topological polar surface area (TPSA) is 104 Å². The van der Waals surface area contributed by atoms with Crippen molar-refractivity contribution in [3.63, 3.8) is 0 Å². The number of nitrogens with zero attached hydrogens (tertiary/aromatic N) is 3. The van der Waals surface area contributed by atoms with Gasteiger partial charge in [-0.3, -0.25) is 14.7 Å². The van der Waals surface area contributed by atoms with E-state index >= 15 is 0 Å². The van der Waals surface area contributed by atoms with Gasteiger partial charge in [0.25, 0.3) is 5.92 Å². The zero-order valence-corrected chi connectivity index (χ0v) is 26.2. The van der Waals surface area contributed by atoms with Crippen molar-refractivity contribution in [2.24, 2.45) is 10.9 Å². The maximum atomic E-state index is 14.9. The first kappa shape index (κ1) is 35.1. The molecule has 41 heavy (non-hydrogen) atoms. The van der Waals surface area contributed by atoms with E-state index in [-0.39, 0.29) is 24.5 Å². The third-order valence-electron chi connectivity index (χ3n) is 6.19. The smallest absolute Gasteiger partial charge is 0.264 e. The Hall–Kier alpha value is -2.10. The fourth-order valence-electron chi connectivity index (χ4n) is 4.16. The summed E-state index contributed by atoms with van der Waals surface area (Å²) in [7, 11) is 2.68. The number of carbonyl (C=O) groups is 2. The average Bonchev–Trinajstić information content (AvgIpc) is 3.50. The molecule has 4 rings (SSSR count). The summed E-state index contributed by atoms with van der Waals surface area (Å²) in [5.41, 5.74) is 1.34. The molecule has 0 amide bonds. The Balaban J connectivity index is 0.000000902. The van der Waals surface area contributed by atoms with Crippen LogP contribution in [0.1, 0.15) is 30.0 Å². The van der Waals surface area contributed by atoms with Crippen molar-refractivity contribution in [2.75, 3.05) is 52.0 Å². The number of rotatable bonds is 10. The lowest BCUT2D eigenvalue weighted by atomic mass is 9.93. The van der Waals surface area contributed by atoms with Gasteiger partial charge in [0.15, 0.2) is 10.8 Å². The molecule has 0 saturated carbocycles. The number of aldehydes is 2. The molecular formula is C27H34BrF3N4O4S2. The third kappa shape index (κ3) is 10.00. The van der Waals surface area contributed by atoms with Gasteiger partial charge in [0.05, 0.1) is 6.54 Å². The molecule has 1 unspecified atom stereocenters. The van der Waals surface area contributed by atoms with Crippen molar-refractivity contribution in [2.45, 2.75) is 25.3 Å². The molecule has 2 aromatic rings. The van der Waals surface area contributed by atoms with Crippen molar-refractivity contribution < 1.29 is 32.6 Å². The molecule has 0 aliphatic carbocycles. The van der Waals surface area contributed by atoms with E-state index in [2.05, 4.69) is 36.0 Å². The van der Waals surface area contributed by atoms with E-state index in [1.165, 1.54) is 35.2 Å². The predicted octanol–water partition coefficient (Wildman–Crippen LogP) is 4.74. The molecule has 2 aliphatic heterocycles. The number of aliphatic hydroxyl groups excluding tert-OH is 1. The number of ether oxygens (including phenoxy) is 1. The summed E-state index contributed by atoms with van der Waals surface area (Å²) >= 11 is 5.93. The number of thiazole rings is 1. The summed E-state index contributed by atoms with van der Waals surface area (Å²) in [4.78, 5) is 33.3. The average molecular weight is 680 g/mol. The Morgan fingerprint density at radius 2 is 2.07 bits per heavy atom. The monoisotopic (exact) mass is 678 g/mol. The minimum atomic E-state index is -2.92. The molecule has 2 atom stereocenters. The Kier molecular flexibility index (Phi) is 15.2. The standard InChI is InChI=1S/C23H22BrF3N4O2S2.C3H8O.CH4O/c24-18-9-15(25)1-2-16(18)20-17(11-33)19(29-21(30-20)22-28-4-7-35-22)10-31-5-3-14(12-34-8-6-32)23(26,27)13-31;1-3-4-2;1-2/h1-2,4,6-7,9,11,14,20H,3,5,8,10,12-13H2,(H,29,30);3H2,1-2H3;2H,1H3/t14?,20-;;/m0../s1. The van der Waals surface area contributed by atoms with Crippen LogP contribution in [0.2, 0.25) is 0 Å². The number of methoxy groups -OCH3 is 1. The number of nitrogens with one attached hydrogen (secondary N) is 1. The number of piperidine rings is 1. The van der Waals surface area contributed by atoms with Crippen molar-refractivity contribution in [1.29, 1.82) is 0 Å². The predicted molar refractivity (Wildman–Crippen MR) is 160 cm³/mol. The van der Waals surface area contributed by atoms with Crippen LogP contribution in [0.15, 0.2) is 50.5 Å². The van der Waals surface area contributed by atoms with Gasteiger partial charge in [-0.25, -0.2) is 18.2 Å². The second kappa shape index (κ2) is 17.8. The fourth-order valence-corrected chi connectivity index (χ4v) is 6.25. The fraction of sp³-hybridized carbons (Fsp3) is 0.481. The minimum Gasteiger partial charge on any atom is -0.400 e. The van der Waals surface area contributed by atoms with Gasteiger partial charge in [-0.05, 0) is 37.6 Å². The van der Waals surface area contributed by atoms with Crippen LogP contribution in [-0.4, -0.2) is 91.3 Å². The summed E-state index contributed by atoms with van der Waals surface area (Å²) in [5, 5.41) is 12.5. The summed E-state index contributed by atoms with van der Waals surface area (Å²) in [5.74, 6) is -3.31. The number of alkyl halides is 2. The number of halogens is 4. The first-order chi connectivity index (χ1) is 19.7. The summed E-state index contributed by atoms with van der Waals surface area (Å²) in [6.45, 7) is 2.84. The number of aliphatic imine (C=N–C) groups is 1. The Morgan fingerprint density at radius 1 is 1.34 bits per heavy atom. The van der Waals surface area contributed by atoms with Crippen LogP contribution in [0.25, 0.3) is 0 Å². The van der Waals surface area contributed by atoms with Crippen LogP contribution in [0.4, 0.5) is 13.2 Å². The van der Waals surface area contributed by atoms with Gasteiger partial charge in [-0.15, -0.1) is 11.3 Å². The van der Waals surface area contributed by atoms with E-state index in [4.69, 9.17) is 5.11 Å². The van der Waals surface area contributed by atoms with E-state index in [1.807, 2.05) is 6.92 Å². The van der Waals surface area contributed by atoms with Gasteiger partial charge in [-0.1, -0.05) is 22.0 Å². The molecule has 1 aromatic carbocycles. The van der Waals surface area contributed by atoms with Crippen LogP contribution >= 0.6 is 39.0 Å². The number of amidine groups is 1. The van der Waals surface area contributed by atoms with E-state index in [1.54, 1.807) is 29.7 Å². The van der Waals surface area contributed by atoms with Gasteiger partial charge < -0.3 is 20.0 Å². The molecule has 0 spiro atoms. The molecule has 1 saturated heterocycles. The van der Waals surface area contributed by atoms with Crippen molar-refractivity contribution in [3.8, 4) is 0 Å². The number of benzene rings is 1. The summed E-state index contributed by atoms with van der Waals surface area (Å²) < 4.78 is 48.5. The van der Waals surface area contributed by atoms with E-state index in [0.29, 0.717) is 45.0 Å². The van der Waals surface area contributed by atoms with Gasteiger partial charge in [-0.2, -0.15) is 11.8 Å². The molecule has 2 aliphatic rings. The van der Waals surface area contributed by atoms with E-state index in [9.17, 15) is 22.8 Å². The van der Waals surface area contributed by atoms with E-state index < -0.39 is 30.2 Å². The zero-order chi connectivity index (χ0) is 30.4. The third-order valence-corrected chi connectivity index (χ3v) is 8.67. The van der Waals surface area contributed by atoms with Gasteiger partial charge in [0, 0.05) is 72.1 Å². The van der Waals surface area contributed by atoms with E-state index in [0.717, 1.165) is 20.0 Å². The highest BCUT2D eigenvalue weighted by atomic mass is 79.9. The highest BCUT2D eigenvalue weighted by molar-refractivity contribution is 9.10. The normalized spacial score (nSPS) is 20.0. The lowest BCUT2D eigenvalue weighted by Crippen LogP contribution is -2.51. The number of carbonyl (C=O) groups excluding carboxylic acids is 2. The Bertz CT molecular complexity index is 1180. The maximum Gasteiger partial charge on any atom is 0.264 e. The SMILES string of the molecule is CCOC.CO.O=CCSCC1CCN(CC2=C(C=O)[C@H](c3ccc(F)cc3Br)N=C(c3nccs3)N2)CC1(F)F. The number of thioether (sulfide) groups is 1. The second-order valence-corrected chi connectivity index (χ2v) is 11.6. The zero-order valence-electron chi connectivity index (χ0n) is 23.0. The maximum absolute atomic E-state index is 14.9. The lowest BCUT2D eigenvalue weighted by Gasteiger charge is -2.39. The van der Waals surface area contributed by atoms with Crippen molar-refractivity contribution in [1.82, 2.24) is 15.2 Å². The number of aromatic nitrogens is 1. The second-order valence-electron chi connectivity index (χ2n) is 8.80. The Morgan fingerprint density at radius 3 is 2.63 bits per heavy atom. The van der Waals surface area contributed by atoms with Gasteiger partial charge in [0.2, 0.25) is 0 Å². The van der Waals surface area contributed by atoms with Crippen LogP contribution < -0.4 is 5.32 Å². The highest BCUT2D eigenvalue weighted by Crippen LogP contribution is 2.38. The van der Waals surface area contributed by atoms with Crippen LogP contribution in [0.5, 0.6) is 0 Å². The van der Waals surface area contributed by atoms with Gasteiger partial charge in [0.1, 0.15) is 24.4 Å². The number of likely N-dealkylation sites (tertiary alicyclic amines) is 1. The molecule has 1 aromatic heterocycles. The number of aliphatic hydroxyl groups is 1. The molecule has 14 heteroatoms. The molecule has 1 fully saturated rings. The van der Waals surface area contributed by atoms with Crippen LogP contribution in [0, 0.1) is 11.7 Å². The van der Waals surface area contributed by atoms with Crippen molar-refractivity contribution in [3.05, 3.63) is 61.9 Å².